The van der Waals surface area contributed by atoms with Crippen molar-refractivity contribution in [3.05, 3.63) is 154 Å². The summed E-state index contributed by atoms with van der Waals surface area (Å²) in [6.45, 7) is 4.33. The molecule has 0 aliphatic carbocycles. The van der Waals surface area contributed by atoms with Gasteiger partial charge >= 0.3 is 0 Å². The highest BCUT2D eigenvalue weighted by Crippen LogP contribution is 2.35. The quantitative estimate of drug-likeness (QED) is 0.0808. The average Bonchev–Trinajstić information content (AvgIpc) is 3.26. The van der Waals surface area contributed by atoms with Crippen molar-refractivity contribution in [2.45, 2.75) is 96.5 Å². The number of hydrogen-bond acceptors (Lipinski definition) is 6. The van der Waals surface area contributed by atoms with Gasteiger partial charge in [0.2, 0.25) is 0 Å². The fourth-order valence-electron chi connectivity index (χ4n) is 5.86. The molecule has 0 spiro atoms. The summed E-state index contributed by atoms with van der Waals surface area (Å²) in [5.74, 6) is 0.447. The first-order valence-corrected chi connectivity index (χ1v) is 18.3. The second-order valence-electron chi connectivity index (χ2n) is 12.6. The van der Waals surface area contributed by atoms with Crippen molar-refractivity contribution in [3.8, 4) is 0 Å². The van der Waals surface area contributed by atoms with Crippen LogP contribution in [-0.2, 0) is 54.8 Å². The Balaban J connectivity index is 1.45. The van der Waals surface area contributed by atoms with Gasteiger partial charge in [0.05, 0.1) is 33.0 Å². The van der Waals surface area contributed by atoms with Crippen molar-refractivity contribution < 1.29 is 28.4 Å². The van der Waals surface area contributed by atoms with Crippen LogP contribution in [0.1, 0.15) is 67.7 Å². The van der Waals surface area contributed by atoms with E-state index in [0.29, 0.717) is 43.8 Å². The smallest absolute Gasteiger partial charge is 0.198 e. The third-order valence-corrected chi connectivity index (χ3v) is 8.98. The highest BCUT2D eigenvalue weighted by Gasteiger charge is 2.44. The first-order valence-electron chi connectivity index (χ1n) is 18.0. The van der Waals surface area contributed by atoms with Crippen LogP contribution in [0.3, 0.4) is 0 Å². The standard InChI is InChI=1S/C43H51ClO6/c1-2-3-4-5-6-19-28-46-43-39(44)41(48-31-36-24-15-9-16-25-36)42(49-32-37-26-17-10-18-27-37)40(47-30-35-22-13-8-14-23-35)38(50-43)33-45-29-34-20-11-7-12-21-34/h7-18,20-27,38,40,42-43H,2-6,19,28-33H2,1H3/t38-,40-,42+,43+/m1/s1. The summed E-state index contributed by atoms with van der Waals surface area (Å²) in [7, 11) is 0. The monoisotopic (exact) mass is 698 g/mol. The molecule has 1 heterocycles. The third kappa shape index (κ3) is 12.4. The van der Waals surface area contributed by atoms with Crippen LogP contribution >= 0.6 is 11.6 Å². The Bertz CT molecular complexity index is 1500. The molecule has 0 fully saturated rings. The molecule has 266 valence electrons. The second-order valence-corrected chi connectivity index (χ2v) is 13.0. The number of hydrogen-bond donors (Lipinski definition) is 0. The highest BCUT2D eigenvalue weighted by molar-refractivity contribution is 6.30. The Hall–Kier alpha value is -3.49. The minimum Gasteiger partial charge on any atom is -0.489 e. The molecule has 1 aliphatic heterocycles. The Morgan fingerprint density at radius 3 is 1.64 bits per heavy atom. The SMILES string of the molecule is CCCCCCCCO[C@H]1O[C@H](COCc2ccccc2)[C@@H](OCc2ccccc2)[C@H](OCc2ccccc2)C(OCc2ccccc2)=C1Cl. The van der Waals surface area contributed by atoms with Crippen LogP contribution in [0.2, 0.25) is 0 Å². The molecule has 0 bridgehead atoms. The van der Waals surface area contributed by atoms with E-state index < -0.39 is 24.6 Å². The van der Waals surface area contributed by atoms with Crippen molar-refractivity contribution in [2.75, 3.05) is 13.2 Å². The lowest BCUT2D eigenvalue weighted by Gasteiger charge is -2.32. The van der Waals surface area contributed by atoms with E-state index in [1.165, 1.54) is 25.7 Å². The van der Waals surface area contributed by atoms with E-state index >= 15 is 0 Å². The van der Waals surface area contributed by atoms with E-state index in [2.05, 4.69) is 6.92 Å². The molecule has 4 aromatic rings. The fraction of sp³-hybridized carbons (Fsp3) is 0.395. The van der Waals surface area contributed by atoms with Gasteiger partial charge in [-0.05, 0) is 28.7 Å². The van der Waals surface area contributed by atoms with E-state index in [0.717, 1.165) is 35.1 Å². The van der Waals surface area contributed by atoms with E-state index in [1.807, 2.05) is 121 Å². The number of unbranched alkanes of at least 4 members (excludes halogenated alkanes) is 5. The average molecular weight is 699 g/mol. The van der Waals surface area contributed by atoms with Gasteiger partial charge in [-0.2, -0.15) is 0 Å². The number of benzene rings is 4. The molecule has 0 unspecified atom stereocenters. The predicted octanol–water partition coefficient (Wildman–Crippen LogP) is 10.1. The van der Waals surface area contributed by atoms with Gasteiger partial charge in [0.1, 0.15) is 35.7 Å². The molecular weight excluding hydrogens is 648 g/mol. The highest BCUT2D eigenvalue weighted by atomic mass is 35.5. The Labute approximate surface area is 303 Å². The Morgan fingerprint density at radius 1 is 0.560 bits per heavy atom. The van der Waals surface area contributed by atoms with Gasteiger partial charge in [0.25, 0.3) is 0 Å². The van der Waals surface area contributed by atoms with Gasteiger partial charge in [0.15, 0.2) is 6.29 Å². The number of rotatable bonds is 21. The molecule has 1 aliphatic rings. The zero-order valence-corrected chi connectivity index (χ0v) is 29.9. The minimum atomic E-state index is -0.878. The van der Waals surface area contributed by atoms with E-state index in [4.69, 9.17) is 40.0 Å². The van der Waals surface area contributed by atoms with E-state index in [-0.39, 0.29) is 6.61 Å². The number of halogens is 1. The summed E-state index contributed by atoms with van der Waals surface area (Å²) in [5, 5.41) is 0.323. The Morgan fingerprint density at radius 2 is 1.06 bits per heavy atom. The summed E-state index contributed by atoms with van der Waals surface area (Å²) in [6, 6.07) is 40.3. The molecule has 0 saturated heterocycles. The molecule has 5 rings (SSSR count). The lowest BCUT2D eigenvalue weighted by atomic mass is 10.1. The Kier molecular flexibility index (Phi) is 16.4. The fourth-order valence-corrected chi connectivity index (χ4v) is 6.13. The lowest BCUT2D eigenvalue weighted by molar-refractivity contribution is -0.208. The molecule has 0 amide bonds. The van der Waals surface area contributed by atoms with Crippen molar-refractivity contribution in [2.24, 2.45) is 0 Å². The molecule has 7 heteroatoms. The van der Waals surface area contributed by atoms with Gasteiger partial charge in [-0.3, -0.25) is 0 Å². The van der Waals surface area contributed by atoms with Crippen LogP contribution < -0.4 is 0 Å². The molecule has 4 aromatic carbocycles. The van der Waals surface area contributed by atoms with Crippen LogP contribution in [0.5, 0.6) is 0 Å². The molecule has 0 saturated carbocycles. The molecule has 0 N–H and O–H groups in total. The first-order chi connectivity index (χ1) is 24.7. The van der Waals surface area contributed by atoms with Crippen LogP contribution in [0.4, 0.5) is 0 Å². The topological polar surface area (TPSA) is 55.4 Å². The minimum absolute atomic E-state index is 0.229. The first kappa shape index (κ1) is 37.8. The molecule has 0 radical (unpaired) electrons. The zero-order chi connectivity index (χ0) is 34.6. The molecule has 0 aromatic heterocycles. The van der Waals surface area contributed by atoms with E-state index in [9.17, 15) is 0 Å². The molecule has 50 heavy (non-hydrogen) atoms. The maximum atomic E-state index is 7.28. The van der Waals surface area contributed by atoms with Crippen LogP contribution in [0, 0.1) is 0 Å². The summed E-state index contributed by atoms with van der Waals surface area (Å²) >= 11 is 7.28. The number of ether oxygens (including phenoxy) is 6. The van der Waals surface area contributed by atoms with Crippen LogP contribution in [-0.4, -0.2) is 37.8 Å². The van der Waals surface area contributed by atoms with Gasteiger partial charge in [-0.25, -0.2) is 0 Å². The maximum absolute atomic E-state index is 7.28. The molecule has 4 atom stereocenters. The van der Waals surface area contributed by atoms with Crippen LogP contribution in [0.15, 0.2) is 132 Å². The maximum Gasteiger partial charge on any atom is 0.198 e. The third-order valence-electron chi connectivity index (χ3n) is 8.62. The summed E-state index contributed by atoms with van der Waals surface area (Å²) in [4.78, 5) is 0. The summed E-state index contributed by atoms with van der Waals surface area (Å²) in [6.07, 6.45) is 4.04. The van der Waals surface area contributed by atoms with Crippen LogP contribution in [0.25, 0.3) is 0 Å². The van der Waals surface area contributed by atoms with Gasteiger partial charge in [0, 0.05) is 0 Å². The molecule has 6 nitrogen and oxygen atoms in total. The normalized spacial score (nSPS) is 19.3. The van der Waals surface area contributed by atoms with E-state index in [1.54, 1.807) is 0 Å². The molecular formula is C43H51ClO6. The second kappa shape index (κ2) is 21.7. The summed E-state index contributed by atoms with van der Waals surface area (Å²) in [5.41, 5.74) is 4.12. The zero-order valence-electron chi connectivity index (χ0n) is 29.2. The summed E-state index contributed by atoms with van der Waals surface area (Å²) < 4.78 is 39.6. The largest absolute Gasteiger partial charge is 0.489 e. The predicted molar refractivity (Wildman–Crippen MR) is 198 cm³/mol. The van der Waals surface area contributed by atoms with Crippen molar-refractivity contribution in [1.82, 2.24) is 0 Å². The van der Waals surface area contributed by atoms with Gasteiger partial charge in [-0.15, -0.1) is 0 Å². The van der Waals surface area contributed by atoms with Gasteiger partial charge < -0.3 is 28.4 Å². The van der Waals surface area contributed by atoms with Crippen molar-refractivity contribution in [3.63, 3.8) is 0 Å². The van der Waals surface area contributed by atoms with Crippen molar-refractivity contribution in [1.29, 1.82) is 0 Å². The van der Waals surface area contributed by atoms with Gasteiger partial charge in [-0.1, -0.05) is 172 Å². The van der Waals surface area contributed by atoms with Crippen molar-refractivity contribution >= 4 is 11.6 Å². The lowest BCUT2D eigenvalue weighted by Crippen LogP contribution is -2.45.